The number of benzene rings is 1. The molecule has 0 spiro atoms. The van der Waals surface area contributed by atoms with Gasteiger partial charge in [0, 0.05) is 6.07 Å². The van der Waals surface area contributed by atoms with Crippen LogP contribution in [0.2, 0.25) is 0 Å². The molecule has 0 bridgehead atoms. The van der Waals surface area contributed by atoms with Crippen molar-refractivity contribution in [2.45, 2.75) is 6.61 Å². The van der Waals surface area contributed by atoms with Gasteiger partial charge >= 0.3 is 6.61 Å². The number of hydrogen-bond acceptors (Lipinski definition) is 3. The van der Waals surface area contributed by atoms with E-state index in [0.717, 1.165) is 0 Å². The zero-order chi connectivity index (χ0) is 10.7. The summed E-state index contributed by atoms with van der Waals surface area (Å²) in [5.41, 5.74) is 0.679. The molecule has 0 fully saturated rings. The number of anilines is 1. The molecule has 0 aliphatic carbocycles. The van der Waals surface area contributed by atoms with Gasteiger partial charge in [-0.25, -0.2) is 5.06 Å². The lowest BCUT2D eigenvalue weighted by Gasteiger charge is -2.17. The van der Waals surface area contributed by atoms with Crippen molar-refractivity contribution in [3.8, 4) is 5.75 Å². The topological polar surface area (TPSA) is 21.7 Å². The minimum Gasteiger partial charge on any atom is -0.435 e. The number of rotatable bonds is 3. The third kappa shape index (κ3) is 2.37. The van der Waals surface area contributed by atoms with Gasteiger partial charge in [0.2, 0.25) is 0 Å². The summed E-state index contributed by atoms with van der Waals surface area (Å²) >= 11 is 0. The van der Waals surface area contributed by atoms with Crippen LogP contribution in [0.4, 0.5) is 14.5 Å². The molecular formula is C10H9F2NO2. The maximum Gasteiger partial charge on any atom is 0.387 e. The van der Waals surface area contributed by atoms with Crippen LogP contribution < -0.4 is 9.80 Å². The number of hydroxylamine groups is 1. The van der Waals surface area contributed by atoms with Crippen molar-refractivity contribution >= 4 is 5.69 Å². The fraction of sp³-hybridized carbons (Fsp3) is 0.200. The first-order valence-electron chi connectivity index (χ1n) is 4.40. The van der Waals surface area contributed by atoms with Gasteiger partial charge in [-0.15, -0.1) is 0 Å². The van der Waals surface area contributed by atoms with E-state index in [1.165, 1.54) is 12.1 Å². The largest absolute Gasteiger partial charge is 0.435 e. The van der Waals surface area contributed by atoms with Gasteiger partial charge < -0.3 is 9.57 Å². The van der Waals surface area contributed by atoms with Crippen LogP contribution in [0.3, 0.4) is 0 Å². The normalized spacial score (nSPS) is 14.5. The van der Waals surface area contributed by atoms with Crippen LogP contribution >= 0.6 is 0 Å². The predicted molar refractivity (Wildman–Crippen MR) is 50.6 cm³/mol. The number of ether oxygens (including phenoxy) is 1. The van der Waals surface area contributed by atoms with Crippen molar-refractivity contribution in [2.75, 3.05) is 11.6 Å². The van der Waals surface area contributed by atoms with Gasteiger partial charge in [0.15, 0.2) is 0 Å². The Bertz CT molecular complexity index is 360. The molecule has 1 aliphatic heterocycles. The Hall–Kier alpha value is -1.78. The Balaban J connectivity index is 2.11. The highest BCUT2D eigenvalue weighted by Crippen LogP contribution is 2.24. The van der Waals surface area contributed by atoms with E-state index < -0.39 is 6.61 Å². The van der Waals surface area contributed by atoms with Crippen LogP contribution in [0, 0.1) is 0 Å². The summed E-state index contributed by atoms with van der Waals surface area (Å²) in [7, 11) is 0. The second-order valence-electron chi connectivity index (χ2n) is 2.91. The predicted octanol–water partition coefficient (Wildman–Crippen LogP) is 2.55. The monoisotopic (exact) mass is 213 g/mol. The van der Waals surface area contributed by atoms with E-state index in [2.05, 4.69) is 4.74 Å². The zero-order valence-electron chi connectivity index (χ0n) is 7.77. The van der Waals surface area contributed by atoms with E-state index in [0.29, 0.717) is 12.2 Å². The Labute approximate surface area is 85.5 Å². The van der Waals surface area contributed by atoms with Crippen molar-refractivity contribution in [3.05, 3.63) is 36.6 Å². The van der Waals surface area contributed by atoms with Gasteiger partial charge in [-0.05, 0) is 18.2 Å². The Kier molecular flexibility index (Phi) is 2.71. The Morgan fingerprint density at radius 3 is 2.93 bits per heavy atom. The summed E-state index contributed by atoms with van der Waals surface area (Å²) in [5.74, 6) is 0.123. The van der Waals surface area contributed by atoms with Gasteiger partial charge in [0.1, 0.15) is 12.0 Å². The van der Waals surface area contributed by atoms with Crippen LogP contribution in [-0.4, -0.2) is 13.2 Å². The molecule has 80 valence electrons. The lowest BCUT2D eigenvalue weighted by Crippen LogP contribution is -2.16. The summed E-state index contributed by atoms with van der Waals surface area (Å²) in [6.45, 7) is -2.21. The molecule has 15 heavy (non-hydrogen) atoms. The first kappa shape index (κ1) is 9.76. The number of halogens is 2. The molecule has 2 rings (SSSR count). The molecule has 0 aromatic heterocycles. The van der Waals surface area contributed by atoms with Crippen LogP contribution in [0.5, 0.6) is 5.75 Å². The Morgan fingerprint density at radius 2 is 2.27 bits per heavy atom. The van der Waals surface area contributed by atoms with E-state index in [4.69, 9.17) is 4.84 Å². The molecule has 0 saturated carbocycles. The van der Waals surface area contributed by atoms with E-state index in [9.17, 15) is 8.78 Å². The Morgan fingerprint density at radius 1 is 1.40 bits per heavy atom. The standard InChI is InChI=1S/C10H9F2NO2/c11-10(12)15-9-4-1-3-8(7-9)13-5-2-6-14-13/h1-4,6-7,10H,5H2. The molecule has 1 heterocycles. The van der Waals surface area contributed by atoms with Gasteiger partial charge in [0.05, 0.1) is 12.2 Å². The SMILES string of the molecule is FC(F)Oc1cccc(N2CC=CO2)c1. The first-order valence-corrected chi connectivity index (χ1v) is 4.40. The highest BCUT2D eigenvalue weighted by atomic mass is 19.3. The molecule has 0 atom stereocenters. The highest BCUT2D eigenvalue weighted by Gasteiger charge is 2.11. The lowest BCUT2D eigenvalue weighted by molar-refractivity contribution is -0.0498. The fourth-order valence-electron chi connectivity index (χ4n) is 1.28. The molecule has 5 heteroatoms. The number of hydrogen-bond donors (Lipinski definition) is 0. The van der Waals surface area contributed by atoms with Crippen molar-refractivity contribution < 1.29 is 18.4 Å². The fourth-order valence-corrected chi connectivity index (χ4v) is 1.28. The third-order valence-corrected chi connectivity index (χ3v) is 1.89. The van der Waals surface area contributed by atoms with Gasteiger partial charge in [-0.1, -0.05) is 6.07 Å². The van der Waals surface area contributed by atoms with Crippen LogP contribution in [0.15, 0.2) is 36.6 Å². The zero-order valence-corrected chi connectivity index (χ0v) is 7.77. The molecule has 1 aliphatic rings. The number of nitrogens with zero attached hydrogens (tertiary/aromatic N) is 1. The molecule has 3 nitrogen and oxygen atoms in total. The summed E-state index contributed by atoms with van der Waals surface area (Å²) in [6, 6.07) is 6.36. The van der Waals surface area contributed by atoms with Crippen molar-refractivity contribution in [2.24, 2.45) is 0 Å². The maximum atomic E-state index is 12.0. The molecular weight excluding hydrogens is 204 g/mol. The van der Waals surface area contributed by atoms with Gasteiger partial charge in [0.25, 0.3) is 0 Å². The minimum atomic E-state index is -2.81. The lowest BCUT2D eigenvalue weighted by atomic mass is 10.3. The quantitative estimate of drug-likeness (QED) is 0.770. The van der Waals surface area contributed by atoms with Crippen LogP contribution in [-0.2, 0) is 4.84 Å². The first-order chi connectivity index (χ1) is 7.25. The van der Waals surface area contributed by atoms with Crippen molar-refractivity contribution in [1.29, 1.82) is 0 Å². The highest BCUT2D eigenvalue weighted by molar-refractivity contribution is 5.49. The molecule has 1 aromatic carbocycles. The minimum absolute atomic E-state index is 0.123. The number of alkyl halides is 2. The average Bonchev–Trinajstić information content (AvgIpc) is 2.69. The second kappa shape index (κ2) is 4.16. The molecule has 0 unspecified atom stereocenters. The molecule has 0 saturated heterocycles. The van der Waals surface area contributed by atoms with Gasteiger partial charge in [-0.3, -0.25) is 0 Å². The summed E-state index contributed by atoms with van der Waals surface area (Å²) in [5, 5.41) is 1.57. The van der Waals surface area contributed by atoms with E-state index >= 15 is 0 Å². The van der Waals surface area contributed by atoms with E-state index in [1.807, 2.05) is 6.08 Å². The van der Waals surface area contributed by atoms with Crippen LogP contribution in [0.1, 0.15) is 0 Å². The van der Waals surface area contributed by atoms with Gasteiger partial charge in [-0.2, -0.15) is 8.78 Å². The van der Waals surface area contributed by atoms with E-state index in [1.54, 1.807) is 23.5 Å². The summed E-state index contributed by atoms with van der Waals surface area (Å²) in [6.07, 6.45) is 3.36. The second-order valence-corrected chi connectivity index (χ2v) is 2.91. The summed E-state index contributed by atoms with van der Waals surface area (Å²) in [4.78, 5) is 5.11. The van der Waals surface area contributed by atoms with E-state index in [-0.39, 0.29) is 5.75 Å². The molecule has 0 radical (unpaired) electrons. The molecule has 1 aromatic rings. The maximum absolute atomic E-state index is 12.0. The smallest absolute Gasteiger partial charge is 0.387 e. The molecule has 0 N–H and O–H groups in total. The third-order valence-electron chi connectivity index (χ3n) is 1.89. The average molecular weight is 213 g/mol. The van der Waals surface area contributed by atoms with Crippen molar-refractivity contribution in [1.82, 2.24) is 0 Å². The summed E-state index contributed by atoms with van der Waals surface area (Å²) < 4.78 is 28.2. The van der Waals surface area contributed by atoms with Crippen molar-refractivity contribution in [3.63, 3.8) is 0 Å². The molecule has 0 amide bonds. The van der Waals surface area contributed by atoms with Crippen LogP contribution in [0.25, 0.3) is 0 Å².